The SMILES string of the molecule is CC(C)c1cccc(-c2ccon2)c1. The molecule has 2 aromatic rings. The fraction of sp³-hybridized carbons (Fsp3) is 0.250. The van der Waals surface area contributed by atoms with Gasteiger partial charge in [-0.3, -0.25) is 0 Å². The molecule has 0 fully saturated rings. The number of hydrogen-bond donors (Lipinski definition) is 0. The van der Waals surface area contributed by atoms with Gasteiger partial charge in [0.15, 0.2) is 0 Å². The van der Waals surface area contributed by atoms with Crippen LogP contribution in [0.5, 0.6) is 0 Å². The Kier molecular flexibility index (Phi) is 2.35. The molecule has 72 valence electrons. The molecule has 0 unspecified atom stereocenters. The van der Waals surface area contributed by atoms with E-state index in [4.69, 9.17) is 4.52 Å². The summed E-state index contributed by atoms with van der Waals surface area (Å²) in [5, 5.41) is 3.91. The van der Waals surface area contributed by atoms with Crippen LogP contribution in [0.3, 0.4) is 0 Å². The van der Waals surface area contributed by atoms with Crippen LogP contribution in [0.15, 0.2) is 41.1 Å². The Hall–Kier alpha value is -1.57. The van der Waals surface area contributed by atoms with Gasteiger partial charge in [0.1, 0.15) is 12.0 Å². The van der Waals surface area contributed by atoms with Crippen molar-refractivity contribution < 1.29 is 4.52 Å². The molecule has 0 saturated heterocycles. The molecule has 0 spiro atoms. The van der Waals surface area contributed by atoms with Crippen LogP contribution in [0.2, 0.25) is 0 Å². The van der Waals surface area contributed by atoms with E-state index in [-0.39, 0.29) is 0 Å². The molecular formula is C12H13NO. The minimum absolute atomic E-state index is 0.543. The molecule has 0 saturated carbocycles. The van der Waals surface area contributed by atoms with Gasteiger partial charge in [-0.05, 0) is 17.5 Å². The highest BCUT2D eigenvalue weighted by Gasteiger charge is 2.03. The van der Waals surface area contributed by atoms with E-state index < -0.39 is 0 Å². The van der Waals surface area contributed by atoms with Crippen molar-refractivity contribution in [1.82, 2.24) is 5.16 Å². The lowest BCUT2D eigenvalue weighted by Gasteiger charge is -2.05. The van der Waals surface area contributed by atoms with E-state index in [0.717, 1.165) is 11.3 Å². The van der Waals surface area contributed by atoms with E-state index in [9.17, 15) is 0 Å². The zero-order chi connectivity index (χ0) is 9.97. The smallest absolute Gasteiger partial charge is 0.124 e. The zero-order valence-corrected chi connectivity index (χ0v) is 8.40. The number of hydrogen-bond acceptors (Lipinski definition) is 2. The van der Waals surface area contributed by atoms with Crippen LogP contribution >= 0.6 is 0 Å². The zero-order valence-electron chi connectivity index (χ0n) is 8.40. The summed E-state index contributed by atoms with van der Waals surface area (Å²) in [6.45, 7) is 4.36. The van der Waals surface area contributed by atoms with E-state index in [1.54, 1.807) is 6.26 Å². The van der Waals surface area contributed by atoms with Gasteiger partial charge >= 0.3 is 0 Å². The second kappa shape index (κ2) is 3.66. The fourth-order valence-corrected chi connectivity index (χ4v) is 1.42. The summed E-state index contributed by atoms with van der Waals surface area (Å²) in [6.07, 6.45) is 1.59. The third-order valence-electron chi connectivity index (χ3n) is 2.29. The minimum atomic E-state index is 0.543. The van der Waals surface area contributed by atoms with Crippen molar-refractivity contribution in [2.75, 3.05) is 0 Å². The maximum Gasteiger partial charge on any atom is 0.124 e. The summed E-state index contributed by atoms with van der Waals surface area (Å²) in [6, 6.07) is 10.3. The third kappa shape index (κ3) is 1.69. The van der Waals surface area contributed by atoms with Crippen molar-refractivity contribution in [3.05, 3.63) is 42.2 Å². The largest absolute Gasteiger partial charge is 0.364 e. The van der Waals surface area contributed by atoms with E-state index in [2.05, 4.69) is 37.2 Å². The second-order valence-corrected chi connectivity index (χ2v) is 3.66. The van der Waals surface area contributed by atoms with Crippen molar-refractivity contribution in [3.8, 4) is 11.3 Å². The quantitative estimate of drug-likeness (QED) is 0.719. The minimum Gasteiger partial charge on any atom is -0.364 e. The van der Waals surface area contributed by atoms with Crippen LogP contribution in [0.4, 0.5) is 0 Å². The molecule has 0 aliphatic carbocycles. The third-order valence-corrected chi connectivity index (χ3v) is 2.29. The maximum atomic E-state index is 4.82. The lowest BCUT2D eigenvalue weighted by atomic mass is 10.00. The molecule has 0 N–H and O–H groups in total. The molecule has 2 nitrogen and oxygen atoms in total. The number of rotatable bonds is 2. The average molecular weight is 187 g/mol. The number of nitrogens with zero attached hydrogens (tertiary/aromatic N) is 1. The van der Waals surface area contributed by atoms with Gasteiger partial charge in [0.25, 0.3) is 0 Å². The van der Waals surface area contributed by atoms with Crippen LogP contribution in [0.25, 0.3) is 11.3 Å². The number of aromatic nitrogens is 1. The molecule has 0 atom stereocenters. The lowest BCUT2D eigenvalue weighted by molar-refractivity contribution is 0.422. The van der Waals surface area contributed by atoms with Crippen LogP contribution < -0.4 is 0 Å². The van der Waals surface area contributed by atoms with Crippen LogP contribution in [0.1, 0.15) is 25.3 Å². The first kappa shape index (κ1) is 9.00. The lowest BCUT2D eigenvalue weighted by Crippen LogP contribution is -1.87. The normalized spacial score (nSPS) is 10.8. The van der Waals surface area contributed by atoms with Crippen molar-refractivity contribution >= 4 is 0 Å². The molecule has 0 aliphatic heterocycles. The van der Waals surface area contributed by atoms with Crippen LogP contribution in [-0.4, -0.2) is 5.16 Å². The Morgan fingerprint density at radius 2 is 2.07 bits per heavy atom. The van der Waals surface area contributed by atoms with Crippen molar-refractivity contribution in [1.29, 1.82) is 0 Å². The first-order valence-electron chi connectivity index (χ1n) is 4.78. The molecular weight excluding hydrogens is 174 g/mol. The predicted molar refractivity (Wildman–Crippen MR) is 56.0 cm³/mol. The van der Waals surface area contributed by atoms with E-state index >= 15 is 0 Å². The highest BCUT2D eigenvalue weighted by molar-refractivity contribution is 5.59. The standard InChI is InChI=1S/C12H13NO/c1-9(2)10-4-3-5-11(8-10)12-6-7-14-13-12/h3-9H,1-2H3. The van der Waals surface area contributed by atoms with Crippen molar-refractivity contribution in [2.24, 2.45) is 0 Å². The van der Waals surface area contributed by atoms with Crippen LogP contribution in [0, 0.1) is 0 Å². The average Bonchev–Trinajstić information content (AvgIpc) is 2.71. The van der Waals surface area contributed by atoms with Crippen molar-refractivity contribution in [3.63, 3.8) is 0 Å². The first-order valence-corrected chi connectivity index (χ1v) is 4.78. The Balaban J connectivity index is 2.41. The molecule has 1 aromatic heterocycles. The Bertz CT molecular complexity index is 404. The summed E-state index contributed by atoms with van der Waals surface area (Å²) in [4.78, 5) is 0. The molecule has 2 rings (SSSR count). The van der Waals surface area contributed by atoms with Gasteiger partial charge in [0, 0.05) is 11.6 Å². The molecule has 0 bridgehead atoms. The fourth-order valence-electron chi connectivity index (χ4n) is 1.42. The second-order valence-electron chi connectivity index (χ2n) is 3.66. The van der Waals surface area contributed by atoms with E-state index in [1.807, 2.05) is 12.1 Å². The van der Waals surface area contributed by atoms with Gasteiger partial charge in [-0.2, -0.15) is 0 Å². The molecule has 0 aliphatic rings. The van der Waals surface area contributed by atoms with Gasteiger partial charge in [-0.15, -0.1) is 0 Å². The van der Waals surface area contributed by atoms with Crippen LogP contribution in [-0.2, 0) is 0 Å². The summed E-state index contributed by atoms with van der Waals surface area (Å²) in [7, 11) is 0. The van der Waals surface area contributed by atoms with E-state index in [0.29, 0.717) is 5.92 Å². The molecule has 0 radical (unpaired) electrons. The van der Waals surface area contributed by atoms with Gasteiger partial charge in [0.2, 0.25) is 0 Å². The van der Waals surface area contributed by atoms with Gasteiger partial charge in [-0.25, -0.2) is 0 Å². The van der Waals surface area contributed by atoms with Crippen molar-refractivity contribution in [2.45, 2.75) is 19.8 Å². The molecule has 2 heteroatoms. The predicted octanol–water partition coefficient (Wildman–Crippen LogP) is 3.47. The monoisotopic (exact) mass is 187 g/mol. The topological polar surface area (TPSA) is 26.0 Å². The molecule has 1 aromatic carbocycles. The van der Waals surface area contributed by atoms with Gasteiger partial charge in [0.05, 0.1) is 0 Å². The summed E-state index contributed by atoms with van der Waals surface area (Å²) < 4.78 is 4.82. The highest BCUT2D eigenvalue weighted by atomic mass is 16.5. The highest BCUT2D eigenvalue weighted by Crippen LogP contribution is 2.22. The molecule has 14 heavy (non-hydrogen) atoms. The molecule has 0 amide bonds. The van der Waals surface area contributed by atoms with E-state index in [1.165, 1.54) is 5.56 Å². The Morgan fingerprint density at radius 1 is 1.21 bits per heavy atom. The Labute approximate surface area is 83.5 Å². The summed E-state index contributed by atoms with van der Waals surface area (Å²) >= 11 is 0. The number of benzene rings is 1. The maximum absolute atomic E-state index is 4.82. The molecule has 1 heterocycles. The summed E-state index contributed by atoms with van der Waals surface area (Å²) in [5.74, 6) is 0.543. The van der Waals surface area contributed by atoms with Gasteiger partial charge < -0.3 is 4.52 Å². The van der Waals surface area contributed by atoms with Gasteiger partial charge in [-0.1, -0.05) is 37.2 Å². The first-order chi connectivity index (χ1) is 6.77. The Morgan fingerprint density at radius 3 is 2.71 bits per heavy atom. The summed E-state index contributed by atoms with van der Waals surface area (Å²) in [5.41, 5.74) is 3.34.